The number of hydrogen-bond acceptors (Lipinski definition) is 4. The van der Waals surface area contributed by atoms with Gasteiger partial charge in [-0.25, -0.2) is 0 Å². The lowest BCUT2D eigenvalue weighted by atomic mass is 9.95. The third-order valence-electron chi connectivity index (χ3n) is 3.56. The number of hydrogen-bond donors (Lipinski definition) is 2. The Morgan fingerprint density at radius 3 is 2.86 bits per heavy atom. The lowest BCUT2D eigenvalue weighted by molar-refractivity contribution is -0.143. The molecule has 1 heterocycles. The molecule has 5 nitrogen and oxygen atoms in total. The molecular formula is C16H22N2O3. The Hall–Kier alpha value is -1.88. The Balaban J connectivity index is 1.71. The van der Waals surface area contributed by atoms with Gasteiger partial charge in [0.15, 0.2) is 0 Å². The van der Waals surface area contributed by atoms with Crippen molar-refractivity contribution in [3.63, 3.8) is 0 Å². The van der Waals surface area contributed by atoms with Crippen molar-refractivity contribution in [1.29, 1.82) is 0 Å². The molecule has 114 valence electrons. The van der Waals surface area contributed by atoms with E-state index in [4.69, 9.17) is 4.74 Å². The van der Waals surface area contributed by atoms with Crippen LogP contribution in [0, 0.1) is 0 Å². The maximum Gasteiger partial charge on any atom is 0.305 e. The van der Waals surface area contributed by atoms with E-state index in [-0.39, 0.29) is 17.9 Å². The molecule has 0 radical (unpaired) electrons. The van der Waals surface area contributed by atoms with Gasteiger partial charge in [-0.15, -0.1) is 0 Å². The molecule has 21 heavy (non-hydrogen) atoms. The van der Waals surface area contributed by atoms with Crippen LogP contribution in [-0.4, -0.2) is 31.1 Å². The minimum absolute atomic E-state index is 0.00615. The van der Waals surface area contributed by atoms with Crippen LogP contribution in [0.5, 0.6) is 0 Å². The molecule has 1 aliphatic rings. The summed E-state index contributed by atoms with van der Waals surface area (Å²) in [6.45, 7) is 3.40. The van der Waals surface area contributed by atoms with E-state index in [0.717, 1.165) is 6.54 Å². The highest BCUT2D eigenvalue weighted by Gasteiger charge is 2.23. The fourth-order valence-electron chi connectivity index (χ4n) is 2.44. The molecule has 1 aliphatic heterocycles. The zero-order valence-electron chi connectivity index (χ0n) is 12.4. The average molecular weight is 290 g/mol. The molecule has 0 aromatic heterocycles. The molecule has 2 N–H and O–H groups in total. The molecule has 1 aromatic rings. The number of carbonyl (C=O) groups excluding carboxylic acids is 2. The number of carbonyl (C=O) groups is 2. The fourth-order valence-corrected chi connectivity index (χ4v) is 2.44. The van der Waals surface area contributed by atoms with Crippen LogP contribution in [0.2, 0.25) is 0 Å². The lowest BCUT2D eigenvalue weighted by Gasteiger charge is -2.25. The van der Waals surface area contributed by atoms with Gasteiger partial charge in [-0.2, -0.15) is 0 Å². The van der Waals surface area contributed by atoms with Gasteiger partial charge in [0.2, 0.25) is 5.91 Å². The van der Waals surface area contributed by atoms with Gasteiger partial charge in [0, 0.05) is 19.5 Å². The summed E-state index contributed by atoms with van der Waals surface area (Å²) in [4.78, 5) is 23.3. The van der Waals surface area contributed by atoms with Gasteiger partial charge in [0.1, 0.15) is 0 Å². The number of ether oxygens (including phenoxy) is 1. The second kappa shape index (κ2) is 7.78. The van der Waals surface area contributed by atoms with Crippen LogP contribution in [0.25, 0.3) is 0 Å². The Morgan fingerprint density at radius 1 is 1.33 bits per heavy atom. The highest BCUT2D eigenvalue weighted by Crippen LogP contribution is 2.16. The van der Waals surface area contributed by atoms with E-state index in [1.54, 1.807) is 6.92 Å². The number of benzene rings is 1. The quantitative estimate of drug-likeness (QED) is 0.609. The highest BCUT2D eigenvalue weighted by molar-refractivity contribution is 5.82. The number of esters is 1. The Morgan fingerprint density at radius 2 is 2.10 bits per heavy atom. The van der Waals surface area contributed by atoms with Crippen LogP contribution in [0.4, 0.5) is 0 Å². The summed E-state index contributed by atoms with van der Waals surface area (Å²) in [6.07, 6.45) is 1.66. The summed E-state index contributed by atoms with van der Waals surface area (Å²) < 4.78 is 4.84. The second-order valence-corrected chi connectivity index (χ2v) is 5.11. The molecule has 0 saturated heterocycles. The molecule has 5 heteroatoms. The smallest absolute Gasteiger partial charge is 0.305 e. The normalized spacial score (nSPS) is 16.9. The maximum atomic E-state index is 12.1. The van der Waals surface area contributed by atoms with E-state index >= 15 is 0 Å². The van der Waals surface area contributed by atoms with Gasteiger partial charge in [-0.05, 0) is 30.9 Å². The number of nitrogens with one attached hydrogen (secondary N) is 2. The molecule has 1 atom stereocenters. The zero-order chi connectivity index (χ0) is 15.1. The monoisotopic (exact) mass is 290 g/mol. The van der Waals surface area contributed by atoms with E-state index in [9.17, 15) is 9.59 Å². The van der Waals surface area contributed by atoms with Gasteiger partial charge >= 0.3 is 5.97 Å². The van der Waals surface area contributed by atoms with Gasteiger partial charge in [-0.3, -0.25) is 9.59 Å². The maximum absolute atomic E-state index is 12.1. The standard InChI is InChI=1S/C16H22N2O3/c1-2-21-15(19)8-5-9-17-16(20)14-10-12-6-3-4-7-13(12)11-18-14/h3-4,6-7,14,18H,2,5,8-11H2,1H3,(H,17,20)/t14-/m0/s1. The largest absolute Gasteiger partial charge is 0.466 e. The molecule has 0 saturated carbocycles. The number of fused-ring (bicyclic) bond motifs is 1. The van der Waals surface area contributed by atoms with Crippen molar-refractivity contribution in [2.75, 3.05) is 13.2 Å². The van der Waals surface area contributed by atoms with Crippen LogP contribution in [0.15, 0.2) is 24.3 Å². The number of rotatable bonds is 6. The molecule has 1 amide bonds. The van der Waals surface area contributed by atoms with Crippen LogP contribution >= 0.6 is 0 Å². The molecule has 0 spiro atoms. The lowest BCUT2D eigenvalue weighted by Crippen LogP contribution is -2.47. The molecular weight excluding hydrogens is 268 g/mol. The van der Waals surface area contributed by atoms with E-state index in [1.165, 1.54) is 11.1 Å². The minimum Gasteiger partial charge on any atom is -0.466 e. The van der Waals surface area contributed by atoms with Crippen LogP contribution < -0.4 is 10.6 Å². The van der Waals surface area contributed by atoms with Crippen molar-refractivity contribution in [2.24, 2.45) is 0 Å². The van der Waals surface area contributed by atoms with Crippen molar-refractivity contribution < 1.29 is 14.3 Å². The third kappa shape index (κ3) is 4.56. The van der Waals surface area contributed by atoms with E-state index < -0.39 is 0 Å². The summed E-state index contributed by atoms with van der Waals surface area (Å²) in [6, 6.07) is 7.96. The first-order valence-corrected chi connectivity index (χ1v) is 7.44. The summed E-state index contributed by atoms with van der Waals surface area (Å²) in [7, 11) is 0. The van der Waals surface area contributed by atoms with Crippen molar-refractivity contribution in [3.05, 3.63) is 35.4 Å². The molecule has 1 aromatic carbocycles. The van der Waals surface area contributed by atoms with E-state index in [0.29, 0.717) is 32.4 Å². The average Bonchev–Trinajstić information content (AvgIpc) is 2.51. The Labute approximate surface area is 125 Å². The molecule has 2 rings (SSSR count). The number of amides is 1. The molecule has 0 fully saturated rings. The Bertz CT molecular complexity index is 502. The molecule has 0 bridgehead atoms. The van der Waals surface area contributed by atoms with Gasteiger partial charge in [0.25, 0.3) is 0 Å². The van der Waals surface area contributed by atoms with Crippen molar-refractivity contribution in [1.82, 2.24) is 10.6 Å². The van der Waals surface area contributed by atoms with Crippen LogP contribution in [0.3, 0.4) is 0 Å². The van der Waals surface area contributed by atoms with Crippen LogP contribution in [-0.2, 0) is 27.3 Å². The zero-order valence-corrected chi connectivity index (χ0v) is 12.4. The van der Waals surface area contributed by atoms with Gasteiger partial charge in [-0.1, -0.05) is 24.3 Å². The van der Waals surface area contributed by atoms with E-state index in [2.05, 4.69) is 22.8 Å². The first-order valence-electron chi connectivity index (χ1n) is 7.44. The minimum atomic E-state index is -0.212. The predicted octanol–water partition coefficient (Wildman–Crippen LogP) is 1.16. The third-order valence-corrected chi connectivity index (χ3v) is 3.56. The summed E-state index contributed by atoms with van der Waals surface area (Å²) in [5, 5.41) is 6.11. The SMILES string of the molecule is CCOC(=O)CCCNC(=O)[C@@H]1Cc2ccccc2CN1. The second-order valence-electron chi connectivity index (χ2n) is 5.11. The summed E-state index contributed by atoms with van der Waals surface area (Å²) >= 11 is 0. The van der Waals surface area contributed by atoms with Crippen LogP contribution in [0.1, 0.15) is 30.9 Å². The van der Waals surface area contributed by atoms with Gasteiger partial charge in [0.05, 0.1) is 12.6 Å². The predicted molar refractivity (Wildman–Crippen MR) is 79.7 cm³/mol. The summed E-state index contributed by atoms with van der Waals surface area (Å²) in [5.41, 5.74) is 2.48. The van der Waals surface area contributed by atoms with Gasteiger partial charge < -0.3 is 15.4 Å². The first-order chi connectivity index (χ1) is 10.2. The van der Waals surface area contributed by atoms with Crippen molar-refractivity contribution in [2.45, 2.75) is 38.8 Å². The summed E-state index contributed by atoms with van der Waals surface area (Å²) in [5.74, 6) is -0.218. The Kier molecular flexibility index (Phi) is 5.75. The topological polar surface area (TPSA) is 67.4 Å². The molecule has 0 unspecified atom stereocenters. The van der Waals surface area contributed by atoms with E-state index in [1.807, 2.05) is 12.1 Å². The highest BCUT2D eigenvalue weighted by atomic mass is 16.5. The molecule has 0 aliphatic carbocycles. The van der Waals surface area contributed by atoms with Crippen molar-refractivity contribution >= 4 is 11.9 Å². The fraction of sp³-hybridized carbons (Fsp3) is 0.500. The first kappa shape index (κ1) is 15.5. The van der Waals surface area contributed by atoms with Crippen molar-refractivity contribution in [3.8, 4) is 0 Å².